The second-order valence-electron chi connectivity index (χ2n) is 7.93. The summed E-state index contributed by atoms with van der Waals surface area (Å²) in [4.78, 5) is 45.5. The molecule has 0 unspecified atom stereocenters. The number of aromatic nitrogens is 4. The molecule has 0 radical (unpaired) electrons. The molecule has 35 heavy (non-hydrogen) atoms. The van der Waals surface area contributed by atoms with Gasteiger partial charge in [-0.05, 0) is 37.1 Å². The van der Waals surface area contributed by atoms with Gasteiger partial charge in [0, 0.05) is 5.92 Å². The number of nitrogens with zero attached hydrogens (tertiary/aromatic N) is 3. The molecular formula is C23H20F3N5O4. The van der Waals surface area contributed by atoms with Gasteiger partial charge in [0.05, 0.1) is 28.5 Å². The molecule has 1 aliphatic rings. The van der Waals surface area contributed by atoms with Crippen LogP contribution in [0.15, 0.2) is 53.3 Å². The van der Waals surface area contributed by atoms with Crippen LogP contribution in [-0.2, 0) is 22.7 Å². The van der Waals surface area contributed by atoms with E-state index in [0.717, 1.165) is 29.7 Å². The number of para-hydroxylation sites is 3. The number of carbonyl (C=O) groups is 2. The minimum Gasteiger partial charge on any atom is -0.475 e. The van der Waals surface area contributed by atoms with Crippen LogP contribution in [0.2, 0.25) is 0 Å². The number of nitrogens with one attached hydrogen (secondary N) is 2. The summed E-state index contributed by atoms with van der Waals surface area (Å²) < 4.78 is 33.7. The van der Waals surface area contributed by atoms with Crippen LogP contribution in [0.25, 0.3) is 21.9 Å². The quantitative estimate of drug-likeness (QED) is 0.397. The van der Waals surface area contributed by atoms with Crippen LogP contribution in [0.1, 0.15) is 30.4 Å². The Balaban J connectivity index is 0.000000364. The zero-order valence-corrected chi connectivity index (χ0v) is 18.2. The number of carboxylic acids is 1. The molecule has 4 aromatic rings. The van der Waals surface area contributed by atoms with Gasteiger partial charge in [0.2, 0.25) is 5.91 Å². The largest absolute Gasteiger partial charge is 0.490 e. The Morgan fingerprint density at radius 3 is 2.34 bits per heavy atom. The molecule has 0 saturated heterocycles. The van der Waals surface area contributed by atoms with Crippen molar-refractivity contribution in [2.24, 2.45) is 0 Å². The minimum absolute atomic E-state index is 0.138. The number of fused-ring (bicyclic) bond motifs is 2. The van der Waals surface area contributed by atoms with Crippen LogP contribution in [0.4, 0.5) is 13.2 Å². The highest BCUT2D eigenvalue weighted by Gasteiger charge is 2.38. The van der Waals surface area contributed by atoms with Gasteiger partial charge in [-0.1, -0.05) is 24.3 Å². The van der Waals surface area contributed by atoms with Gasteiger partial charge in [-0.2, -0.15) is 13.2 Å². The number of rotatable bonds is 5. The van der Waals surface area contributed by atoms with Gasteiger partial charge in [0.15, 0.2) is 0 Å². The second kappa shape index (κ2) is 9.57. The third-order valence-corrected chi connectivity index (χ3v) is 5.29. The van der Waals surface area contributed by atoms with E-state index in [1.54, 1.807) is 18.2 Å². The van der Waals surface area contributed by atoms with Gasteiger partial charge in [-0.15, -0.1) is 0 Å². The second-order valence-corrected chi connectivity index (χ2v) is 7.93. The first-order valence-corrected chi connectivity index (χ1v) is 10.6. The van der Waals surface area contributed by atoms with E-state index < -0.39 is 12.1 Å². The number of hydrogen-bond acceptors (Lipinski definition) is 5. The molecule has 3 N–H and O–H groups in total. The summed E-state index contributed by atoms with van der Waals surface area (Å²) >= 11 is 0. The van der Waals surface area contributed by atoms with E-state index in [2.05, 4.69) is 15.3 Å². The summed E-state index contributed by atoms with van der Waals surface area (Å²) in [5.41, 5.74) is 2.30. The lowest BCUT2D eigenvalue weighted by Crippen LogP contribution is -2.29. The highest BCUT2D eigenvalue weighted by atomic mass is 19.4. The topological polar surface area (TPSA) is 130 Å². The van der Waals surface area contributed by atoms with Crippen molar-refractivity contribution in [1.29, 1.82) is 0 Å². The highest BCUT2D eigenvalue weighted by molar-refractivity contribution is 5.81. The first kappa shape index (κ1) is 23.9. The van der Waals surface area contributed by atoms with Crippen LogP contribution < -0.4 is 10.9 Å². The predicted octanol–water partition coefficient (Wildman–Crippen LogP) is 3.10. The molecule has 9 nitrogen and oxygen atoms in total. The molecule has 2 aromatic heterocycles. The van der Waals surface area contributed by atoms with Crippen molar-refractivity contribution in [1.82, 2.24) is 24.8 Å². The van der Waals surface area contributed by atoms with Crippen molar-refractivity contribution >= 4 is 33.8 Å². The Morgan fingerprint density at radius 2 is 1.69 bits per heavy atom. The maximum Gasteiger partial charge on any atom is 0.490 e. The molecule has 2 heterocycles. The zero-order chi connectivity index (χ0) is 25.2. The van der Waals surface area contributed by atoms with Crippen LogP contribution in [0.5, 0.6) is 0 Å². The molecular weight excluding hydrogens is 467 g/mol. The minimum atomic E-state index is -5.08. The number of carboxylic acid groups (broad SMARTS) is 1. The van der Waals surface area contributed by atoms with Gasteiger partial charge in [-0.3, -0.25) is 9.59 Å². The molecule has 5 rings (SSSR count). The number of amides is 1. The van der Waals surface area contributed by atoms with Crippen molar-refractivity contribution in [3.8, 4) is 0 Å². The standard InChI is InChI=1S/C21H19N5O2.C2HF3O2/c27-19(22-11-18-23-15-6-2-1-5-14(15)21(28)25-18)12-26-17-8-4-3-7-16(17)24-20(26)13-9-10-13;3-2(4,5)1(6)7/h1-8,13H,9-12H2,(H,22,27)(H,23,25,28);(H,6,7). The number of alkyl halides is 3. The van der Waals surface area contributed by atoms with Gasteiger partial charge in [0.25, 0.3) is 5.56 Å². The molecule has 2 aromatic carbocycles. The summed E-state index contributed by atoms with van der Waals surface area (Å²) in [7, 11) is 0. The first-order chi connectivity index (χ1) is 16.6. The molecule has 182 valence electrons. The Hall–Kier alpha value is -4.22. The molecule has 0 atom stereocenters. The number of halogens is 3. The molecule has 0 bridgehead atoms. The van der Waals surface area contributed by atoms with Crippen molar-refractivity contribution < 1.29 is 27.9 Å². The van der Waals surface area contributed by atoms with Gasteiger partial charge in [0.1, 0.15) is 18.2 Å². The summed E-state index contributed by atoms with van der Waals surface area (Å²) in [6.07, 6.45) is -2.85. The summed E-state index contributed by atoms with van der Waals surface area (Å²) in [6.45, 7) is 0.370. The number of hydrogen-bond donors (Lipinski definition) is 3. The Morgan fingerprint density at radius 1 is 1.06 bits per heavy atom. The fourth-order valence-corrected chi connectivity index (χ4v) is 3.51. The highest BCUT2D eigenvalue weighted by Crippen LogP contribution is 2.40. The molecule has 1 aliphatic carbocycles. The Labute approximate surface area is 195 Å². The van der Waals surface area contributed by atoms with Gasteiger partial charge >= 0.3 is 12.1 Å². The number of aliphatic carboxylic acids is 1. The molecule has 1 saturated carbocycles. The third-order valence-electron chi connectivity index (χ3n) is 5.29. The maximum absolute atomic E-state index is 12.6. The van der Waals surface area contributed by atoms with Crippen LogP contribution in [0.3, 0.4) is 0 Å². The number of aromatic amines is 1. The number of carbonyl (C=O) groups excluding carboxylic acids is 1. The average Bonchev–Trinajstić information content (AvgIpc) is 3.60. The maximum atomic E-state index is 12.6. The molecule has 12 heteroatoms. The Kier molecular flexibility index (Phi) is 6.54. The van der Waals surface area contributed by atoms with Gasteiger partial charge < -0.3 is 20.0 Å². The zero-order valence-electron chi connectivity index (χ0n) is 18.2. The van der Waals surface area contributed by atoms with E-state index >= 15 is 0 Å². The predicted molar refractivity (Wildman–Crippen MR) is 120 cm³/mol. The van der Waals surface area contributed by atoms with E-state index in [1.165, 1.54) is 0 Å². The number of H-pyrrole nitrogens is 1. The molecule has 1 fully saturated rings. The van der Waals surface area contributed by atoms with E-state index in [0.29, 0.717) is 22.6 Å². The smallest absolute Gasteiger partial charge is 0.475 e. The van der Waals surface area contributed by atoms with E-state index in [9.17, 15) is 22.8 Å². The summed E-state index contributed by atoms with van der Waals surface area (Å²) in [5.74, 6) is -1.03. The fraction of sp³-hybridized carbons (Fsp3) is 0.261. The van der Waals surface area contributed by atoms with Crippen molar-refractivity contribution in [2.75, 3.05) is 0 Å². The van der Waals surface area contributed by atoms with Crippen LogP contribution >= 0.6 is 0 Å². The van der Waals surface area contributed by atoms with Gasteiger partial charge in [-0.25, -0.2) is 14.8 Å². The number of imidazole rings is 1. The SMILES string of the molecule is O=C(Cn1c(C2CC2)nc2ccccc21)NCc1nc2ccccc2c(=O)[nH]1.O=C(O)C(F)(F)F. The van der Waals surface area contributed by atoms with Crippen LogP contribution in [0, 0.1) is 0 Å². The van der Waals surface area contributed by atoms with E-state index in [-0.39, 0.29) is 24.6 Å². The van der Waals surface area contributed by atoms with Crippen molar-refractivity contribution in [2.45, 2.75) is 38.0 Å². The monoisotopic (exact) mass is 487 g/mol. The average molecular weight is 487 g/mol. The normalized spacial score (nSPS) is 13.3. The Bertz CT molecular complexity index is 1460. The fourth-order valence-electron chi connectivity index (χ4n) is 3.51. The summed E-state index contributed by atoms with van der Waals surface area (Å²) in [5, 5.41) is 10.5. The van der Waals surface area contributed by atoms with Crippen LogP contribution in [-0.4, -0.2) is 42.7 Å². The lowest BCUT2D eigenvalue weighted by Gasteiger charge is -2.10. The van der Waals surface area contributed by atoms with Crippen molar-refractivity contribution in [3.05, 3.63) is 70.5 Å². The first-order valence-electron chi connectivity index (χ1n) is 10.6. The molecule has 1 amide bonds. The van der Waals surface area contributed by atoms with E-state index in [1.807, 2.05) is 34.9 Å². The molecule has 0 spiro atoms. The molecule has 0 aliphatic heterocycles. The number of benzene rings is 2. The third kappa shape index (κ3) is 5.65. The summed E-state index contributed by atoms with van der Waals surface area (Å²) in [6, 6.07) is 15.0. The lowest BCUT2D eigenvalue weighted by atomic mass is 10.2. The van der Waals surface area contributed by atoms with E-state index in [4.69, 9.17) is 14.9 Å². The van der Waals surface area contributed by atoms with Crippen molar-refractivity contribution in [3.63, 3.8) is 0 Å². The lowest BCUT2D eigenvalue weighted by molar-refractivity contribution is -0.192.